The standard InChI is InChI=1S/C10H5Cl2N3O2/c11-6-1-7(12)8(13-4-6)9-14-2-5(3-15-9)10(16)17/h1-4H,(H,16,17). The second-order valence-corrected chi connectivity index (χ2v) is 3.93. The van der Waals surface area contributed by atoms with Crippen LogP contribution in [0.15, 0.2) is 24.7 Å². The van der Waals surface area contributed by atoms with Crippen LogP contribution in [0, 0.1) is 0 Å². The quantitative estimate of drug-likeness (QED) is 0.907. The smallest absolute Gasteiger partial charge is 0.338 e. The highest BCUT2D eigenvalue weighted by Crippen LogP contribution is 2.24. The number of halogens is 2. The molecule has 0 aliphatic rings. The summed E-state index contributed by atoms with van der Waals surface area (Å²) in [4.78, 5) is 22.4. The molecule has 0 amide bonds. The van der Waals surface area contributed by atoms with Gasteiger partial charge < -0.3 is 5.11 Å². The van der Waals surface area contributed by atoms with Crippen LogP contribution in [0.5, 0.6) is 0 Å². The van der Waals surface area contributed by atoms with Gasteiger partial charge in [-0.15, -0.1) is 0 Å². The first-order valence-electron chi connectivity index (χ1n) is 4.44. The van der Waals surface area contributed by atoms with Crippen LogP contribution in [0.25, 0.3) is 11.5 Å². The van der Waals surface area contributed by atoms with E-state index in [1.807, 2.05) is 0 Å². The van der Waals surface area contributed by atoms with Gasteiger partial charge in [-0.2, -0.15) is 0 Å². The van der Waals surface area contributed by atoms with Crippen molar-refractivity contribution in [1.29, 1.82) is 0 Å². The number of aromatic carboxylic acids is 1. The van der Waals surface area contributed by atoms with E-state index in [-0.39, 0.29) is 11.4 Å². The minimum absolute atomic E-state index is 0.00108. The summed E-state index contributed by atoms with van der Waals surface area (Å²) in [5, 5.41) is 9.41. The van der Waals surface area contributed by atoms with Gasteiger partial charge in [0.2, 0.25) is 0 Å². The Morgan fingerprint density at radius 2 is 1.76 bits per heavy atom. The number of hydrogen-bond acceptors (Lipinski definition) is 4. The van der Waals surface area contributed by atoms with Crippen molar-refractivity contribution in [2.45, 2.75) is 0 Å². The third-order valence-electron chi connectivity index (χ3n) is 1.92. The lowest BCUT2D eigenvalue weighted by Crippen LogP contribution is -2.00. The van der Waals surface area contributed by atoms with Gasteiger partial charge in [0.1, 0.15) is 5.69 Å². The molecule has 2 rings (SSSR count). The fourth-order valence-corrected chi connectivity index (χ4v) is 1.60. The van der Waals surface area contributed by atoms with Crippen LogP contribution in [0.1, 0.15) is 10.4 Å². The average molecular weight is 270 g/mol. The Bertz CT molecular complexity index is 572. The Morgan fingerprint density at radius 1 is 1.12 bits per heavy atom. The normalized spacial score (nSPS) is 10.2. The minimum atomic E-state index is -1.09. The molecule has 0 aliphatic carbocycles. The predicted octanol–water partition coefficient (Wildman–Crippen LogP) is 2.54. The number of carboxylic acid groups (broad SMARTS) is 1. The van der Waals surface area contributed by atoms with Gasteiger partial charge in [0.25, 0.3) is 0 Å². The highest BCUT2D eigenvalue weighted by atomic mass is 35.5. The third kappa shape index (κ3) is 2.51. The first-order chi connectivity index (χ1) is 8.08. The number of aromatic nitrogens is 3. The molecular weight excluding hydrogens is 265 g/mol. The molecular formula is C10H5Cl2N3O2. The summed E-state index contributed by atoms with van der Waals surface area (Å²) in [7, 11) is 0. The number of pyridine rings is 1. The largest absolute Gasteiger partial charge is 0.478 e. The number of carbonyl (C=O) groups is 1. The molecule has 0 fully saturated rings. The SMILES string of the molecule is O=C(O)c1cnc(-c2ncc(Cl)cc2Cl)nc1. The van der Waals surface area contributed by atoms with Gasteiger partial charge in [-0.25, -0.2) is 19.7 Å². The molecule has 0 bridgehead atoms. The topological polar surface area (TPSA) is 76.0 Å². The lowest BCUT2D eigenvalue weighted by atomic mass is 10.3. The van der Waals surface area contributed by atoms with Crippen molar-refractivity contribution in [1.82, 2.24) is 15.0 Å². The lowest BCUT2D eigenvalue weighted by Gasteiger charge is -2.02. The molecule has 0 aliphatic heterocycles. The van der Waals surface area contributed by atoms with Gasteiger partial charge in [-0.1, -0.05) is 23.2 Å². The zero-order chi connectivity index (χ0) is 12.4. The van der Waals surface area contributed by atoms with Crippen molar-refractivity contribution in [3.63, 3.8) is 0 Å². The van der Waals surface area contributed by atoms with E-state index < -0.39 is 5.97 Å². The molecule has 0 aromatic carbocycles. The first-order valence-corrected chi connectivity index (χ1v) is 5.20. The molecule has 2 aromatic heterocycles. The molecule has 86 valence electrons. The Kier molecular flexibility index (Phi) is 3.21. The maximum atomic E-state index is 10.6. The number of nitrogens with zero attached hydrogens (tertiary/aromatic N) is 3. The van der Waals surface area contributed by atoms with E-state index in [2.05, 4.69) is 15.0 Å². The van der Waals surface area contributed by atoms with Gasteiger partial charge in [0, 0.05) is 18.6 Å². The fourth-order valence-electron chi connectivity index (χ4n) is 1.14. The second-order valence-electron chi connectivity index (χ2n) is 3.08. The molecule has 2 aromatic rings. The monoisotopic (exact) mass is 269 g/mol. The zero-order valence-electron chi connectivity index (χ0n) is 8.26. The van der Waals surface area contributed by atoms with E-state index in [1.54, 1.807) is 0 Å². The number of rotatable bonds is 2. The average Bonchev–Trinajstić information content (AvgIpc) is 2.29. The van der Waals surface area contributed by atoms with E-state index in [9.17, 15) is 4.79 Å². The van der Waals surface area contributed by atoms with E-state index in [0.29, 0.717) is 15.7 Å². The highest BCUT2D eigenvalue weighted by molar-refractivity contribution is 6.35. The number of hydrogen-bond donors (Lipinski definition) is 1. The van der Waals surface area contributed by atoms with Crippen molar-refractivity contribution in [3.05, 3.63) is 40.3 Å². The Labute approximate surface area is 106 Å². The molecule has 17 heavy (non-hydrogen) atoms. The lowest BCUT2D eigenvalue weighted by molar-refractivity contribution is 0.0696. The van der Waals surface area contributed by atoms with Crippen LogP contribution in [0.2, 0.25) is 10.0 Å². The van der Waals surface area contributed by atoms with Crippen molar-refractivity contribution in [3.8, 4) is 11.5 Å². The van der Waals surface area contributed by atoms with Crippen molar-refractivity contribution in [2.24, 2.45) is 0 Å². The molecule has 0 spiro atoms. The van der Waals surface area contributed by atoms with Gasteiger partial charge in [-0.05, 0) is 6.07 Å². The van der Waals surface area contributed by atoms with Crippen molar-refractivity contribution < 1.29 is 9.90 Å². The number of carboxylic acids is 1. The van der Waals surface area contributed by atoms with Crippen molar-refractivity contribution >= 4 is 29.2 Å². The van der Waals surface area contributed by atoms with Crippen LogP contribution >= 0.6 is 23.2 Å². The second kappa shape index (κ2) is 4.65. The van der Waals surface area contributed by atoms with Crippen LogP contribution in [0.3, 0.4) is 0 Å². The summed E-state index contributed by atoms with van der Waals surface area (Å²) in [6, 6.07) is 1.51. The summed E-state index contributed by atoms with van der Waals surface area (Å²) in [5.74, 6) is -0.844. The first kappa shape index (κ1) is 11.8. The van der Waals surface area contributed by atoms with Crippen LogP contribution in [0.4, 0.5) is 0 Å². The maximum absolute atomic E-state index is 10.6. The summed E-state index contributed by atoms with van der Waals surface area (Å²) in [6.45, 7) is 0. The van der Waals surface area contributed by atoms with Gasteiger partial charge in [0.05, 0.1) is 15.6 Å². The molecule has 0 unspecified atom stereocenters. The summed E-state index contributed by atoms with van der Waals surface area (Å²) < 4.78 is 0. The molecule has 7 heteroatoms. The Morgan fingerprint density at radius 3 is 2.29 bits per heavy atom. The molecule has 0 saturated carbocycles. The minimum Gasteiger partial charge on any atom is -0.478 e. The van der Waals surface area contributed by atoms with Gasteiger partial charge >= 0.3 is 5.97 Å². The van der Waals surface area contributed by atoms with E-state index in [0.717, 1.165) is 0 Å². The molecule has 0 atom stereocenters. The fraction of sp³-hybridized carbons (Fsp3) is 0. The molecule has 0 saturated heterocycles. The van der Waals surface area contributed by atoms with Gasteiger partial charge in [0.15, 0.2) is 5.82 Å². The zero-order valence-corrected chi connectivity index (χ0v) is 9.77. The molecule has 0 radical (unpaired) electrons. The van der Waals surface area contributed by atoms with E-state index in [1.165, 1.54) is 24.7 Å². The Hall–Kier alpha value is -1.72. The summed E-state index contributed by atoms with van der Waals surface area (Å²) in [5.41, 5.74) is 0.354. The van der Waals surface area contributed by atoms with Crippen molar-refractivity contribution in [2.75, 3.05) is 0 Å². The highest BCUT2D eigenvalue weighted by Gasteiger charge is 2.10. The van der Waals surface area contributed by atoms with E-state index in [4.69, 9.17) is 28.3 Å². The predicted molar refractivity (Wildman–Crippen MR) is 62.2 cm³/mol. The Balaban J connectivity index is 2.43. The van der Waals surface area contributed by atoms with Crippen LogP contribution in [-0.2, 0) is 0 Å². The van der Waals surface area contributed by atoms with Crippen LogP contribution < -0.4 is 0 Å². The van der Waals surface area contributed by atoms with Crippen LogP contribution in [-0.4, -0.2) is 26.0 Å². The summed E-state index contributed by atoms with van der Waals surface area (Å²) in [6.07, 6.45) is 3.80. The van der Waals surface area contributed by atoms with E-state index >= 15 is 0 Å². The third-order valence-corrected chi connectivity index (χ3v) is 2.41. The van der Waals surface area contributed by atoms with Gasteiger partial charge in [-0.3, -0.25) is 0 Å². The molecule has 5 nitrogen and oxygen atoms in total. The maximum Gasteiger partial charge on any atom is 0.338 e. The summed E-state index contributed by atoms with van der Waals surface area (Å²) >= 11 is 11.6. The molecule has 1 N–H and O–H groups in total. The molecule has 2 heterocycles.